The molecule has 4 nitrogen and oxygen atoms in total. The highest BCUT2D eigenvalue weighted by molar-refractivity contribution is 4.87. The van der Waals surface area contributed by atoms with Gasteiger partial charge in [-0.2, -0.15) is 0 Å². The summed E-state index contributed by atoms with van der Waals surface area (Å²) in [5, 5.41) is 0. The molecule has 0 amide bonds. The summed E-state index contributed by atoms with van der Waals surface area (Å²) in [6, 6.07) is 0.607. The number of methoxy groups -OCH3 is 2. The molecule has 1 fully saturated rings. The Balaban J connectivity index is 2.64. The normalized spacial score (nSPS) is 27.1. The molecule has 0 saturated heterocycles. The molecule has 0 aliphatic heterocycles. The lowest BCUT2D eigenvalue weighted by atomic mass is 9.76. The molecule has 4 heteroatoms. The minimum absolute atomic E-state index is 0.607. The van der Waals surface area contributed by atoms with Crippen molar-refractivity contribution in [3.8, 4) is 0 Å². The van der Waals surface area contributed by atoms with E-state index in [1.807, 2.05) is 0 Å². The summed E-state index contributed by atoms with van der Waals surface area (Å²) in [6.45, 7) is 6.64. The van der Waals surface area contributed by atoms with Gasteiger partial charge < -0.3 is 15.2 Å². The largest absolute Gasteiger partial charge is 0.383 e. The highest BCUT2D eigenvalue weighted by atomic mass is 16.5. The van der Waals surface area contributed by atoms with E-state index in [2.05, 4.69) is 11.8 Å². The first-order valence-electron chi connectivity index (χ1n) is 8.18. The molecule has 120 valence electrons. The van der Waals surface area contributed by atoms with Crippen molar-refractivity contribution in [2.45, 2.75) is 45.1 Å². The van der Waals surface area contributed by atoms with Crippen LogP contribution in [-0.4, -0.2) is 58.0 Å². The van der Waals surface area contributed by atoms with Crippen molar-refractivity contribution in [2.75, 3.05) is 47.1 Å². The van der Waals surface area contributed by atoms with Crippen LogP contribution in [0.2, 0.25) is 0 Å². The molecule has 0 aromatic carbocycles. The molecule has 1 aliphatic rings. The van der Waals surface area contributed by atoms with Crippen molar-refractivity contribution < 1.29 is 9.47 Å². The van der Waals surface area contributed by atoms with Crippen LogP contribution in [-0.2, 0) is 9.47 Å². The molecular weight excluding hydrogens is 252 g/mol. The zero-order valence-corrected chi connectivity index (χ0v) is 13.6. The van der Waals surface area contributed by atoms with Gasteiger partial charge in [0.25, 0.3) is 0 Å². The first kappa shape index (κ1) is 17.9. The van der Waals surface area contributed by atoms with Gasteiger partial charge in [0.1, 0.15) is 0 Å². The molecule has 0 bridgehead atoms. The molecule has 2 N–H and O–H groups in total. The lowest BCUT2D eigenvalue weighted by Crippen LogP contribution is -2.49. The van der Waals surface area contributed by atoms with Gasteiger partial charge >= 0.3 is 0 Å². The standard InChI is InChI=1S/C16H34N2O2/c1-4-5-14-6-7-15(13-17)16(12-14)18(8-10-19-2)9-11-20-3/h14-16H,4-13,17H2,1-3H3. The third-order valence-electron chi connectivity index (χ3n) is 4.70. The SMILES string of the molecule is CCCC1CCC(CN)C(N(CCOC)CCOC)C1. The van der Waals surface area contributed by atoms with Crippen LogP contribution in [0.4, 0.5) is 0 Å². The average molecular weight is 286 g/mol. The third-order valence-corrected chi connectivity index (χ3v) is 4.70. The van der Waals surface area contributed by atoms with Crippen molar-refractivity contribution in [1.29, 1.82) is 0 Å². The third kappa shape index (κ3) is 5.68. The van der Waals surface area contributed by atoms with E-state index in [0.29, 0.717) is 12.0 Å². The Morgan fingerprint density at radius 1 is 1.10 bits per heavy atom. The van der Waals surface area contributed by atoms with Crippen molar-refractivity contribution >= 4 is 0 Å². The topological polar surface area (TPSA) is 47.7 Å². The highest BCUT2D eigenvalue weighted by Crippen LogP contribution is 2.34. The molecule has 0 aromatic heterocycles. The molecular formula is C16H34N2O2. The Morgan fingerprint density at radius 2 is 1.75 bits per heavy atom. The maximum Gasteiger partial charge on any atom is 0.0589 e. The van der Waals surface area contributed by atoms with E-state index in [4.69, 9.17) is 15.2 Å². The highest BCUT2D eigenvalue weighted by Gasteiger charge is 2.32. The van der Waals surface area contributed by atoms with Gasteiger partial charge in [-0.3, -0.25) is 4.90 Å². The van der Waals surface area contributed by atoms with Gasteiger partial charge in [0.05, 0.1) is 13.2 Å². The number of ether oxygens (including phenoxy) is 2. The summed E-state index contributed by atoms with van der Waals surface area (Å²) in [5.41, 5.74) is 6.02. The average Bonchev–Trinajstić information content (AvgIpc) is 2.48. The predicted molar refractivity (Wildman–Crippen MR) is 83.9 cm³/mol. The number of hydrogen-bond acceptors (Lipinski definition) is 4. The minimum atomic E-state index is 0.607. The minimum Gasteiger partial charge on any atom is -0.383 e. The van der Waals surface area contributed by atoms with Gasteiger partial charge in [0, 0.05) is 33.4 Å². The van der Waals surface area contributed by atoms with E-state index in [0.717, 1.165) is 38.8 Å². The number of nitrogens with two attached hydrogens (primary N) is 1. The van der Waals surface area contributed by atoms with Gasteiger partial charge in [0.15, 0.2) is 0 Å². The van der Waals surface area contributed by atoms with E-state index >= 15 is 0 Å². The van der Waals surface area contributed by atoms with Crippen LogP contribution in [0.25, 0.3) is 0 Å². The number of hydrogen-bond donors (Lipinski definition) is 1. The molecule has 0 aromatic rings. The molecule has 1 aliphatic carbocycles. The first-order valence-corrected chi connectivity index (χ1v) is 8.18. The van der Waals surface area contributed by atoms with Crippen molar-refractivity contribution in [1.82, 2.24) is 4.90 Å². The van der Waals surface area contributed by atoms with E-state index in [9.17, 15) is 0 Å². The Labute approximate surface area is 125 Å². The second-order valence-electron chi connectivity index (χ2n) is 6.05. The summed E-state index contributed by atoms with van der Waals surface area (Å²) in [5.74, 6) is 1.51. The Kier molecular flexibility index (Phi) is 9.44. The second kappa shape index (κ2) is 10.6. The summed E-state index contributed by atoms with van der Waals surface area (Å²) in [4.78, 5) is 2.55. The van der Waals surface area contributed by atoms with Gasteiger partial charge in [-0.25, -0.2) is 0 Å². The first-order chi connectivity index (χ1) is 9.76. The van der Waals surface area contributed by atoms with Crippen LogP contribution in [0.15, 0.2) is 0 Å². The molecule has 3 unspecified atom stereocenters. The zero-order chi connectivity index (χ0) is 14.8. The van der Waals surface area contributed by atoms with Crippen LogP contribution >= 0.6 is 0 Å². The second-order valence-corrected chi connectivity index (χ2v) is 6.05. The molecule has 0 spiro atoms. The van der Waals surface area contributed by atoms with Crippen LogP contribution < -0.4 is 5.73 Å². The van der Waals surface area contributed by atoms with Crippen LogP contribution in [0.5, 0.6) is 0 Å². The molecule has 0 radical (unpaired) electrons. The smallest absolute Gasteiger partial charge is 0.0589 e. The molecule has 0 heterocycles. The van der Waals surface area contributed by atoms with E-state index in [1.165, 1.54) is 32.1 Å². The summed E-state index contributed by atoms with van der Waals surface area (Å²) >= 11 is 0. The van der Waals surface area contributed by atoms with Gasteiger partial charge in [-0.05, 0) is 31.2 Å². The predicted octanol–water partition coefficient (Wildman–Crippen LogP) is 2.12. The molecule has 1 saturated carbocycles. The monoisotopic (exact) mass is 286 g/mol. The number of nitrogens with zero attached hydrogens (tertiary/aromatic N) is 1. The maximum atomic E-state index is 6.02. The van der Waals surface area contributed by atoms with E-state index < -0.39 is 0 Å². The van der Waals surface area contributed by atoms with E-state index in [1.54, 1.807) is 14.2 Å². The Morgan fingerprint density at radius 3 is 2.25 bits per heavy atom. The van der Waals surface area contributed by atoms with Crippen LogP contribution in [0, 0.1) is 11.8 Å². The van der Waals surface area contributed by atoms with E-state index in [-0.39, 0.29) is 0 Å². The number of rotatable bonds is 10. The Bertz CT molecular complexity index is 231. The fourth-order valence-electron chi connectivity index (χ4n) is 3.55. The fraction of sp³-hybridized carbons (Fsp3) is 1.00. The quantitative estimate of drug-likeness (QED) is 0.668. The van der Waals surface area contributed by atoms with Crippen molar-refractivity contribution in [2.24, 2.45) is 17.6 Å². The van der Waals surface area contributed by atoms with Crippen LogP contribution in [0.3, 0.4) is 0 Å². The molecule has 3 atom stereocenters. The lowest BCUT2D eigenvalue weighted by molar-refractivity contribution is 0.0365. The summed E-state index contributed by atoms with van der Waals surface area (Å²) in [6.07, 6.45) is 6.58. The maximum absolute atomic E-state index is 6.02. The zero-order valence-electron chi connectivity index (χ0n) is 13.6. The fourth-order valence-corrected chi connectivity index (χ4v) is 3.55. The lowest BCUT2D eigenvalue weighted by Gasteiger charge is -2.42. The van der Waals surface area contributed by atoms with Crippen LogP contribution in [0.1, 0.15) is 39.0 Å². The van der Waals surface area contributed by atoms with Gasteiger partial charge in [0.2, 0.25) is 0 Å². The molecule has 20 heavy (non-hydrogen) atoms. The van der Waals surface area contributed by atoms with Gasteiger partial charge in [-0.15, -0.1) is 0 Å². The van der Waals surface area contributed by atoms with Crippen molar-refractivity contribution in [3.63, 3.8) is 0 Å². The Hall–Kier alpha value is -0.160. The van der Waals surface area contributed by atoms with Gasteiger partial charge in [-0.1, -0.05) is 26.2 Å². The molecule has 1 rings (SSSR count). The summed E-state index contributed by atoms with van der Waals surface area (Å²) in [7, 11) is 3.55. The summed E-state index contributed by atoms with van der Waals surface area (Å²) < 4.78 is 10.5. The van der Waals surface area contributed by atoms with Crippen molar-refractivity contribution in [3.05, 3.63) is 0 Å².